The number of hydrogen-bond acceptors (Lipinski definition) is 4. The highest BCUT2D eigenvalue weighted by Crippen LogP contribution is 2.29. The summed E-state index contributed by atoms with van der Waals surface area (Å²) in [5.74, 6) is -1.16. The van der Waals surface area contributed by atoms with Gasteiger partial charge in [0.15, 0.2) is 0 Å². The predicted molar refractivity (Wildman–Crippen MR) is 66.8 cm³/mol. The van der Waals surface area contributed by atoms with Gasteiger partial charge in [-0.2, -0.15) is 0 Å². The van der Waals surface area contributed by atoms with Crippen molar-refractivity contribution in [3.05, 3.63) is 23.5 Å². The molecule has 0 unspecified atom stereocenters. The van der Waals surface area contributed by atoms with Gasteiger partial charge in [0.25, 0.3) is 5.91 Å². The number of nitrogens with two attached hydrogens (primary N) is 2. The fourth-order valence-electron chi connectivity index (χ4n) is 2.01. The van der Waals surface area contributed by atoms with E-state index in [0.717, 1.165) is 18.9 Å². The van der Waals surface area contributed by atoms with Crippen molar-refractivity contribution >= 4 is 17.3 Å². The molecule has 98 valence electrons. The third-order valence-electron chi connectivity index (χ3n) is 3.19. The minimum atomic E-state index is -0.668. The van der Waals surface area contributed by atoms with Crippen molar-refractivity contribution < 1.29 is 13.9 Å². The molecule has 0 spiro atoms. The zero-order chi connectivity index (χ0) is 13.3. The lowest BCUT2D eigenvalue weighted by Crippen LogP contribution is -2.40. The summed E-state index contributed by atoms with van der Waals surface area (Å²) in [6, 6.07) is 2.61. The van der Waals surface area contributed by atoms with Crippen LogP contribution in [-0.4, -0.2) is 25.2 Å². The number of anilines is 2. The second-order valence-corrected chi connectivity index (χ2v) is 4.45. The van der Waals surface area contributed by atoms with Crippen molar-refractivity contribution in [2.45, 2.75) is 25.0 Å². The normalized spacial score (nSPS) is 22.3. The number of carbonyl (C=O) groups is 1. The van der Waals surface area contributed by atoms with Crippen molar-refractivity contribution in [1.29, 1.82) is 0 Å². The molecule has 0 bridgehead atoms. The van der Waals surface area contributed by atoms with E-state index in [0.29, 0.717) is 0 Å². The molecule has 18 heavy (non-hydrogen) atoms. The highest BCUT2D eigenvalue weighted by Gasteiger charge is 2.29. The van der Waals surface area contributed by atoms with Gasteiger partial charge in [-0.15, -0.1) is 0 Å². The number of nitrogen functional groups attached to an aromatic ring is 1. The molecular formula is C12H16FN3O2. The Labute approximate surface area is 104 Å². The molecule has 0 aromatic heterocycles. The first-order valence-corrected chi connectivity index (χ1v) is 5.69. The van der Waals surface area contributed by atoms with Gasteiger partial charge in [-0.1, -0.05) is 0 Å². The molecule has 1 saturated carbocycles. The Hall–Kier alpha value is -1.82. The van der Waals surface area contributed by atoms with Gasteiger partial charge in [0.1, 0.15) is 5.82 Å². The molecule has 1 aromatic rings. The minimum absolute atomic E-state index is 0.0499. The van der Waals surface area contributed by atoms with Crippen LogP contribution in [0.2, 0.25) is 0 Å². The van der Waals surface area contributed by atoms with E-state index in [1.165, 1.54) is 6.07 Å². The zero-order valence-corrected chi connectivity index (χ0v) is 10.1. The molecule has 1 fully saturated rings. The van der Waals surface area contributed by atoms with Gasteiger partial charge in [-0.25, -0.2) is 4.39 Å². The molecule has 6 heteroatoms. The minimum Gasteiger partial charge on any atom is -0.398 e. The molecule has 1 aromatic carbocycles. The van der Waals surface area contributed by atoms with Gasteiger partial charge in [-0.3, -0.25) is 4.79 Å². The van der Waals surface area contributed by atoms with E-state index in [9.17, 15) is 9.18 Å². The first kappa shape index (κ1) is 12.6. The van der Waals surface area contributed by atoms with Crippen LogP contribution in [0.25, 0.3) is 0 Å². The number of ether oxygens (including phenoxy) is 1. The number of rotatable bonds is 4. The molecule has 2 rings (SSSR count). The van der Waals surface area contributed by atoms with Crippen molar-refractivity contribution in [3.63, 3.8) is 0 Å². The van der Waals surface area contributed by atoms with E-state index in [4.69, 9.17) is 16.2 Å². The van der Waals surface area contributed by atoms with Crippen LogP contribution in [0.5, 0.6) is 0 Å². The Bertz CT molecular complexity index is 473. The maximum atomic E-state index is 13.7. The van der Waals surface area contributed by atoms with E-state index in [-0.39, 0.29) is 29.1 Å². The van der Waals surface area contributed by atoms with Crippen LogP contribution in [0, 0.1) is 5.82 Å². The number of carbonyl (C=O) groups excluding carboxylic acids is 1. The van der Waals surface area contributed by atoms with Gasteiger partial charge in [0, 0.05) is 18.8 Å². The molecule has 0 atom stereocenters. The summed E-state index contributed by atoms with van der Waals surface area (Å²) in [5.41, 5.74) is 11.1. The largest absolute Gasteiger partial charge is 0.398 e. The summed E-state index contributed by atoms with van der Waals surface area (Å²) >= 11 is 0. The molecule has 1 amide bonds. The fourth-order valence-corrected chi connectivity index (χ4v) is 2.01. The van der Waals surface area contributed by atoms with Crippen LogP contribution in [0.3, 0.4) is 0 Å². The van der Waals surface area contributed by atoms with Gasteiger partial charge < -0.3 is 21.5 Å². The fraction of sp³-hybridized carbons (Fsp3) is 0.417. The van der Waals surface area contributed by atoms with Gasteiger partial charge in [0.2, 0.25) is 0 Å². The second-order valence-electron chi connectivity index (χ2n) is 4.45. The van der Waals surface area contributed by atoms with Crippen molar-refractivity contribution in [1.82, 2.24) is 0 Å². The molecule has 1 aliphatic carbocycles. The van der Waals surface area contributed by atoms with Crippen molar-refractivity contribution in [2.24, 2.45) is 5.73 Å². The average Bonchev–Trinajstić information content (AvgIpc) is 2.24. The number of benzene rings is 1. The number of methoxy groups -OCH3 is 1. The number of hydrogen-bond donors (Lipinski definition) is 3. The lowest BCUT2D eigenvalue weighted by Gasteiger charge is -2.35. The Morgan fingerprint density at radius 2 is 2.17 bits per heavy atom. The highest BCUT2D eigenvalue weighted by molar-refractivity contribution is 5.99. The smallest absolute Gasteiger partial charge is 0.250 e. The van der Waals surface area contributed by atoms with Crippen LogP contribution < -0.4 is 16.8 Å². The van der Waals surface area contributed by atoms with Gasteiger partial charge in [0.05, 0.1) is 17.4 Å². The summed E-state index contributed by atoms with van der Waals surface area (Å²) in [6.07, 6.45) is 1.84. The van der Waals surface area contributed by atoms with E-state index in [1.807, 2.05) is 0 Å². The van der Waals surface area contributed by atoms with Crippen LogP contribution in [0.15, 0.2) is 12.1 Å². The van der Waals surface area contributed by atoms with Crippen LogP contribution >= 0.6 is 0 Å². The molecule has 5 N–H and O–H groups in total. The number of primary amides is 1. The summed E-state index contributed by atoms with van der Waals surface area (Å²) in [7, 11) is 1.65. The van der Waals surface area contributed by atoms with E-state index >= 15 is 0 Å². The summed E-state index contributed by atoms with van der Waals surface area (Å²) < 4.78 is 18.8. The summed E-state index contributed by atoms with van der Waals surface area (Å²) in [6.45, 7) is 0. The maximum absolute atomic E-state index is 13.7. The predicted octanol–water partition coefficient (Wildman–Crippen LogP) is 1.10. The maximum Gasteiger partial charge on any atom is 0.250 e. The lowest BCUT2D eigenvalue weighted by atomic mass is 9.89. The van der Waals surface area contributed by atoms with E-state index < -0.39 is 11.7 Å². The third kappa shape index (κ3) is 2.38. The molecule has 5 nitrogen and oxygen atoms in total. The molecule has 0 heterocycles. The second kappa shape index (κ2) is 4.81. The third-order valence-corrected chi connectivity index (χ3v) is 3.19. The monoisotopic (exact) mass is 253 g/mol. The summed E-state index contributed by atoms with van der Waals surface area (Å²) in [5, 5.41) is 3.02. The molecular weight excluding hydrogens is 237 g/mol. The molecule has 0 aliphatic heterocycles. The van der Waals surface area contributed by atoms with Crippen LogP contribution in [0.4, 0.5) is 15.8 Å². The standard InChI is InChI=1S/C12H16FN3O2/c1-18-7-2-6(3-7)16-11-4-8(12(15)17)10(14)5-9(11)13/h4-7,16H,2-3,14H2,1H3,(H2,15,17). The Balaban J connectivity index is 2.13. The van der Waals surface area contributed by atoms with Crippen molar-refractivity contribution in [3.8, 4) is 0 Å². The quantitative estimate of drug-likeness (QED) is 0.701. The first-order valence-electron chi connectivity index (χ1n) is 5.69. The van der Waals surface area contributed by atoms with Gasteiger partial charge >= 0.3 is 0 Å². The van der Waals surface area contributed by atoms with E-state index in [2.05, 4.69) is 5.32 Å². The Morgan fingerprint density at radius 1 is 1.50 bits per heavy atom. The summed E-state index contributed by atoms with van der Waals surface area (Å²) in [4.78, 5) is 11.1. The lowest BCUT2D eigenvalue weighted by molar-refractivity contribution is 0.0328. The van der Waals surface area contributed by atoms with Crippen LogP contribution in [0.1, 0.15) is 23.2 Å². The van der Waals surface area contributed by atoms with Gasteiger partial charge in [-0.05, 0) is 25.0 Å². The number of amides is 1. The SMILES string of the molecule is COC1CC(Nc2cc(C(N)=O)c(N)cc2F)C1. The Morgan fingerprint density at radius 3 is 2.72 bits per heavy atom. The zero-order valence-electron chi connectivity index (χ0n) is 10.1. The van der Waals surface area contributed by atoms with Crippen molar-refractivity contribution in [2.75, 3.05) is 18.2 Å². The van der Waals surface area contributed by atoms with E-state index in [1.54, 1.807) is 7.11 Å². The molecule has 0 saturated heterocycles. The highest BCUT2D eigenvalue weighted by atomic mass is 19.1. The number of nitrogens with one attached hydrogen (secondary N) is 1. The molecule has 0 radical (unpaired) electrons. The Kier molecular flexibility index (Phi) is 3.38. The number of halogens is 1. The average molecular weight is 253 g/mol. The first-order chi connectivity index (χ1) is 8.51. The molecule has 1 aliphatic rings. The topological polar surface area (TPSA) is 90.4 Å². The van der Waals surface area contributed by atoms with Crippen LogP contribution in [-0.2, 0) is 4.74 Å².